The van der Waals surface area contributed by atoms with Gasteiger partial charge >= 0.3 is 19.8 Å². The van der Waals surface area contributed by atoms with Gasteiger partial charge < -0.3 is 38.0 Å². The number of carbonyl (C=O) groups is 3. The fourth-order valence-corrected chi connectivity index (χ4v) is 12.9. The number of phosphoric ester groups is 1. The van der Waals surface area contributed by atoms with Gasteiger partial charge in [0.25, 0.3) is 0 Å². The summed E-state index contributed by atoms with van der Waals surface area (Å²) in [7, 11) is -6.03. The van der Waals surface area contributed by atoms with Gasteiger partial charge in [0.2, 0.25) is 5.91 Å². The topological polar surface area (TPSA) is 154 Å². The lowest BCUT2D eigenvalue weighted by molar-refractivity contribution is -0.195. The number of benzene rings is 2. The lowest BCUT2D eigenvalue weighted by Crippen LogP contribution is -2.62. The lowest BCUT2D eigenvalue weighted by Gasteiger charge is -2.42. The fourth-order valence-electron chi connectivity index (χ4n) is 10.7. The van der Waals surface area contributed by atoms with Crippen LogP contribution in [0.2, 0.25) is 25.7 Å². The van der Waals surface area contributed by atoms with Crippen LogP contribution in [0.25, 0.3) is 0 Å². The van der Waals surface area contributed by atoms with Crippen molar-refractivity contribution in [2.75, 3.05) is 26.6 Å². The minimum atomic E-state index is -4.70. The zero-order chi connectivity index (χ0) is 60.1. The summed E-state index contributed by atoms with van der Waals surface area (Å²) < 4.78 is 65.3. The molecule has 0 aromatic heterocycles. The molecule has 1 heterocycles. The molecule has 0 spiro atoms. The van der Waals surface area contributed by atoms with Crippen molar-refractivity contribution in [1.82, 2.24) is 5.32 Å². The maximum Gasteiger partial charge on any atom is 0.588 e. The van der Waals surface area contributed by atoms with E-state index in [0.29, 0.717) is 25.9 Å². The first-order valence-corrected chi connectivity index (χ1v) is 38.6. The molecule has 1 aliphatic heterocycles. The Kier molecular flexibility index (Phi) is 41.8. The second-order valence-electron chi connectivity index (χ2n) is 24.9. The van der Waals surface area contributed by atoms with Gasteiger partial charge in [-0.3, -0.25) is 18.9 Å². The molecule has 0 bridgehead atoms. The summed E-state index contributed by atoms with van der Waals surface area (Å²) in [6, 6.07) is 17.1. The number of para-hydroxylation sites is 2. The molecule has 3 rings (SSSR count). The lowest BCUT2D eigenvalue weighted by atomic mass is 9.93. The molecule has 1 aliphatic rings. The normalized spacial score (nSPS) is 17.2. The number of amides is 1. The van der Waals surface area contributed by atoms with Crippen molar-refractivity contribution < 1.29 is 56.2 Å². The second-order valence-corrected chi connectivity index (χ2v) is 32.0. The zero-order valence-electron chi connectivity index (χ0n) is 53.4. The summed E-state index contributed by atoms with van der Waals surface area (Å²) in [5, 5.41) is 3.17. The van der Waals surface area contributed by atoms with E-state index in [9.17, 15) is 9.59 Å². The monoisotopic (exact) mass is 1200 g/mol. The average Bonchev–Trinajstić information content (AvgIpc) is 3.58. The highest BCUT2D eigenvalue weighted by Gasteiger charge is 2.51. The summed E-state index contributed by atoms with van der Waals surface area (Å²) in [6.45, 7) is 15.2. The highest BCUT2D eigenvalue weighted by molar-refractivity contribution is 7.49. The van der Waals surface area contributed by atoms with Gasteiger partial charge in [-0.25, -0.2) is 4.57 Å². The van der Waals surface area contributed by atoms with Crippen LogP contribution in [0.5, 0.6) is 11.5 Å². The van der Waals surface area contributed by atoms with E-state index >= 15 is 9.36 Å². The molecule has 15 heteroatoms. The van der Waals surface area contributed by atoms with Gasteiger partial charge in [-0.2, -0.15) is 0 Å². The molecule has 1 N–H and O–H groups in total. The van der Waals surface area contributed by atoms with Crippen molar-refractivity contribution in [3.63, 3.8) is 0 Å². The zero-order valence-corrected chi connectivity index (χ0v) is 55.3. The summed E-state index contributed by atoms with van der Waals surface area (Å²) >= 11 is 0. The molecular weight excluding hydrogens is 1080 g/mol. The van der Waals surface area contributed by atoms with Crippen molar-refractivity contribution in [2.45, 2.75) is 309 Å². The van der Waals surface area contributed by atoms with Crippen LogP contribution in [0.1, 0.15) is 252 Å². The first-order chi connectivity index (χ1) is 40.3. The smallest absolute Gasteiger partial charge is 0.463 e. The highest BCUT2D eigenvalue weighted by Crippen LogP contribution is 2.52. The minimum absolute atomic E-state index is 0.0288. The van der Waals surface area contributed by atoms with Crippen LogP contribution in [-0.4, -0.2) is 83.0 Å². The molecule has 0 radical (unpaired) electrons. The predicted octanol–water partition coefficient (Wildman–Crippen LogP) is 19.0. The second kappa shape index (κ2) is 46.9. The molecule has 476 valence electrons. The Hall–Kier alpha value is -3.26. The van der Waals surface area contributed by atoms with E-state index in [1.54, 1.807) is 60.7 Å². The third kappa shape index (κ3) is 37.1. The number of carbonyl (C=O) groups excluding carboxylic acids is 3. The van der Waals surface area contributed by atoms with E-state index < -0.39 is 64.2 Å². The average molecular weight is 1200 g/mol. The highest BCUT2D eigenvalue weighted by atomic mass is 31.2. The fraction of sp³-hybridized carbons (Fsp3) is 0.779. The van der Waals surface area contributed by atoms with Crippen LogP contribution in [0.15, 0.2) is 60.7 Å². The number of unbranched alkanes of at least 4 members (excludes halogenated alkanes) is 28. The summed E-state index contributed by atoms with van der Waals surface area (Å²) in [5.41, 5.74) is 0. The maximum absolute atomic E-state index is 15.3. The number of phosphoric acid groups is 1. The third-order valence-corrected chi connectivity index (χ3v) is 18.9. The number of rotatable bonds is 53. The van der Waals surface area contributed by atoms with Crippen LogP contribution in [0.3, 0.4) is 0 Å². The number of hydrogen-bond acceptors (Lipinski definition) is 12. The predicted molar refractivity (Wildman–Crippen MR) is 341 cm³/mol. The molecule has 1 saturated heterocycles. The molecule has 1 unspecified atom stereocenters. The number of hydrogen-bond donors (Lipinski definition) is 1. The molecule has 0 saturated carbocycles. The largest absolute Gasteiger partial charge is 0.588 e. The molecule has 2 aromatic carbocycles. The Balaban J connectivity index is 1.96. The Labute approximate surface area is 506 Å². The molecule has 83 heavy (non-hydrogen) atoms. The van der Waals surface area contributed by atoms with Crippen molar-refractivity contribution in [1.29, 1.82) is 0 Å². The van der Waals surface area contributed by atoms with E-state index in [4.69, 9.17) is 37.3 Å². The number of esters is 2. The van der Waals surface area contributed by atoms with Gasteiger partial charge in [0.15, 0.2) is 6.10 Å². The molecule has 6 atom stereocenters. The van der Waals surface area contributed by atoms with Gasteiger partial charge in [-0.1, -0.05) is 276 Å². The number of ether oxygens (including phenoxy) is 5. The van der Waals surface area contributed by atoms with Crippen LogP contribution >= 0.6 is 7.82 Å². The van der Waals surface area contributed by atoms with Gasteiger partial charge in [0.05, 0.1) is 31.1 Å². The van der Waals surface area contributed by atoms with E-state index in [1.165, 1.54) is 148 Å². The van der Waals surface area contributed by atoms with Crippen LogP contribution in [0.4, 0.5) is 0 Å². The van der Waals surface area contributed by atoms with Crippen molar-refractivity contribution >= 4 is 33.7 Å². The Morgan fingerprint density at radius 3 is 1.43 bits per heavy atom. The number of nitrogens with one attached hydrogen (secondary N) is 1. The van der Waals surface area contributed by atoms with Crippen molar-refractivity contribution in [3.05, 3.63) is 60.7 Å². The first-order valence-electron chi connectivity index (χ1n) is 33.5. The Morgan fingerprint density at radius 2 is 1.01 bits per heavy atom. The molecule has 0 aliphatic carbocycles. The first kappa shape index (κ1) is 74.0. The van der Waals surface area contributed by atoms with Crippen LogP contribution in [-0.2, 0) is 47.2 Å². The molecule has 13 nitrogen and oxygen atoms in total. The van der Waals surface area contributed by atoms with Crippen LogP contribution in [0, 0.1) is 5.92 Å². The summed E-state index contributed by atoms with van der Waals surface area (Å²) in [5.74, 6) is -1.33. The Morgan fingerprint density at radius 1 is 0.590 bits per heavy atom. The standard InChI is InChI=1S/C68H118NO12PSi/c1-8-11-14-17-20-23-25-26-29-31-34-39-46-59(45-38-33-30-28-24-21-18-15-12-9-2)68(72)78-66-63(69-65(71)54-62(77-57-74-52-53-83(5,6)7)51-40-35-32-27-22-19-16-13-10-3)55-76-64(56-75-58(4)70)67(66)81-82(73,79-60-47-41-36-42-48-60)80-61-49-43-37-44-50-61/h36-37,41-44,47-50,59,62-64,66-67H,8-35,38-40,45-46,51-57H2,1-7H3,(H,69,71)/t59?,62-,63+,64-,66-,67-/m1/s1. The molecule has 1 fully saturated rings. The van der Waals surface area contributed by atoms with Crippen molar-refractivity contribution in [3.8, 4) is 11.5 Å². The van der Waals surface area contributed by atoms with Crippen molar-refractivity contribution in [2.24, 2.45) is 5.92 Å². The van der Waals surface area contributed by atoms with E-state index in [-0.39, 0.29) is 43.8 Å². The molecule has 2 aromatic rings. The van der Waals surface area contributed by atoms with E-state index in [1.807, 2.05) is 0 Å². The maximum atomic E-state index is 15.3. The van der Waals surface area contributed by atoms with Gasteiger partial charge in [-0.15, -0.1) is 0 Å². The van der Waals surface area contributed by atoms with Crippen LogP contribution < -0.4 is 14.4 Å². The van der Waals surface area contributed by atoms with Gasteiger partial charge in [-0.05, 0) is 49.6 Å². The molecular formula is C68H118NO12PSi. The Bertz CT molecular complexity index is 1910. The summed E-state index contributed by atoms with van der Waals surface area (Å²) in [6.07, 6.45) is 34.7. The minimum Gasteiger partial charge on any atom is -0.463 e. The third-order valence-electron chi connectivity index (χ3n) is 15.9. The van der Waals surface area contributed by atoms with E-state index in [0.717, 1.165) is 63.8 Å². The summed E-state index contributed by atoms with van der Waals surface area (Å²) in [4.78, 5) is 42.1. The van der Waals surface area contributed by atoms with Gasteiger partial charge in [0, 0.05) is 21.6 Å². The van der Waals surface area contributed by atoms with Gasteiger partial charge in [0.1, 0.15) is 37.1 Å². The van der Waals surface area contributed by atoms with E-state index in [2.05, 4.69) is 45.7 Å². The quantitative estimate of drug-likeness (QED) is 0.0220. The molecule has 1 amide bonds. The SMILES string of the molecule is CCCCCCCCCCCCCCC(CCCCCCCCCCCC)C(=O)O[C@H]1[C@H](OP(=O)(Oc2ccccc2)Oc2ccccc2)[C@@H](COC(C)=O)OC[C@@H]1NC(=O)C[C@@H](CCCCCCCCCCC)OCOCC[Si](C)(C)C.